The molecule has 1 saturated carbocycles. The molecule has 1 aliphatic rings. The molecule has 2 nitrogen and oxygen atoms in total. The minimum Gasteiger partial charge on any atom is -0.466 e. The first-order valence-electron chi connectivity index (χ1n) is 5.90. The highest BCUT2D eigenvalue weighted by Gasteiger charge is 1.95. The van der Waals surface area contributed by atoms with E-state index in [-0.39, 0.29) is 5.97 Å². The Bertz CT molecular complexity index is 117. The largest absolute Gasteiger partial charge is 0.466 e. The third kappa shape index (κ3) is 11.5. The first-order valence-corrected chi connectivity index (χ1v) is 5.90. The number of carbonyl (C=O) groups is 1. The highest BCUT2D eigenvalue weighted by molar-refractivity contribution is 5.65. The van der Waals surface area contributed by atoms with Crippen LogP contribution in [-0.4, -0.2) is 12.6 Å². The van der Waals surface area contributed by atoms with E-state index >= 15 is 0 Å². The Kier molecular flexibility index (Phi) is 10.2. The van der Waals surface area contributed by atoms with E-state index in [9.17, 15) is 4.79 Å². The summed E-state index contributed by atoms with van der Waals surface area (Å²) < 4.78 is 4.64. The van der Waals surface area contributed by atoms with E-state index in [1.54, 1.807) is 0 Å². The van der Waals surface area contributed by atoms with Gasteiger partial charge in [0.05, 0.1) is 6.61 Å². The zero-order valence-electron chi connectivity index (χ0n) is 9.68. The van der Waals surface area contributed by atoms with E-state index in [0.29, 0.717) is 6.61 Å². The maximum Gasteiger partial charge on any atom is 0.302 e. The number of hydrogen-bond acceptors (Lipinski definition) is 2. The monoisotopic (exact) mass is 200 g/mol. The maximum absolute atomic E-state index is 10.1. The second kappa shape index (κ2) is 10.6. The summed E-state index contributed by atoms with van der Waals surface area (Å²) in [5.41, 5.74) is 0. The van der Waals surface area contributed by atoms with Crippen LogP contribution in [0.15, 0.2) is 0 Å². The van der Waals surface area contributed by atoms with E-state index in [2.05, 4.69) is 11.7 Å². The predicted octanol–water partition coefficient (Wildman–Crippen LogP) is 3.69. The lowest BCUT2D eigenvalue weighted by Crippen LogP contribution is -1.99. The third-order valence-electron chi connectivity index (χ3n) is 2.30. The molecule has 1 fully saturated rings. The summed E-state index contributed by atoms with van der Waals surface area (Å²) in [6.45, 7) is 4.06. The van der Waals surface area contributed by atoms with Crippen molar-refractivity contribution in [2.75, 3.05) is 6.61 Å². The van der Waals surface area contributed by atoms with Gasteiger partial charge in [0, 0.05) is 6.92 Å². The topological polar surface area (TPSA) is 26.3 Å². The first kappa shape index (κ1) is 13.5. The van der Waals surface area contributed by atoms with Crippen molar-refractivity contribution in [2.45, 2.75) is 65.2 Å². The van der Waals surface area contributed by atoms with Crippen molar-refractivity contribution in [3.8, 4) is 0 Å². The zero-order valence-corrected chi connectivity index (χ0v) is 9.68. The molecule has 14 heavy (non-hydrogen) atoms. The minimum absolute atomic E-state index is 0.182. The van der Waals surface area contributed by atoms with Gasteiger partial charge in [0.2, 0.25) is 0 Å². The van der Waals surface area contributed by atoms with Crippen molar-refractivity contribution in [1.29, 1.82) is 0 Å². The van der Waals surface area contributed by atoms with Gasteiger partial charge in [-0.1, -0.05) is 51.9 Å². The Hall–Kier alpha value is -0.530. The number of carbonyl (C=O) groups excluding carboxylic acids is 1. The molecule has 0 aliphatic heterocycles. The second-order valence-electron chi connectivity index (χ2n) is 3.81. The van der Waals surface area contributed by atoms with Gasteiger partial charge >= 0.3 is 5.97 Å². The Morgan fingerprint density at radius 3 is 1.79 bits per heavy atom. The lowest BCUT2D eigenvalue weighted by molar-refractivity contribution is -0.141. The van der Waals surface area contributed by atoms with Crippen LogP contribution in [0.3, 0.4) is 0 Å². The summed E-state index contributed by atoms with van der Waals surface area (Å²) in [6.07, 6.45) is 11.0. The van der Waals surface area contributed by atoms with E-state index < -0.39 is 0 Å². The molecule has 0 radical (unpaired) electrons. The average Bonchev–Trinajstić information content (AvgIpc) is 2.21. The molecule has 0 amide bonds. The first-order chi connectivity index (χ1) is 6.77. The van der Waals surface area contributed by atoms with Crippen LogP contribution in [0.4, 0.5) is 0 Å². The maximum atomic E-state index is 10.1. The fourth-order valence-corrected chi connectivity index (χ4v) is 1.42. The molecule has 1 rings (SSSR count). The van der Waals surface area contributed by atoms with Crippen LogP contribution in [0, 0.1) is 0 Å². The molecule has 0 spiro atoms. The van der Waals surface area contributed by atoms with Gasteiger partial charge in [0.1, 0.15) is 0 Å². The summed E-state index contributed by atoms with van der Waals surface area (Å²) >= 11 is 0. The molecular weight excluding hydrogens is 176 g/mol. The Balaban J connectivity index is 0.000000249. The number of ether oxygens (including phenoxy) is 1. The molecule has 0 aromatic rings. The van der Waals surface area contributed by atoms with Crippen LogP contribution in [0.1, 0.15) is 65.2 Å². The van der Waals surface area contributed by atoms with Gasteiger partial charge in [-0.25, -0.2) is 0 Å². The van der Waals surface area contributed by atoms with Crippen molar-refractivity contribution in [2.24, 2.45) is 0 Å². The molecule has 0 unspecified atom stereocenters. The van der Waals surface area contributed by atoms with Crippen LogP contribution in [0.2, 0.25) is 0 Å². The molecule has 0 bridgehead atoms. The van der Waals surface area contributed by atoms with E-state index in [4.69, 9.17) is 0 Å². The summed E-state index contributed by atoms with van der Waals surface area (Å²) in [5, 5.41) is 0. The molecule has 2 heteroatoms. The van der Waals surface area contributed by atoms with E-state index in [1.807, 2.05) is 0 Å². The summed E-state index contributed by atoms with van der Waals surface area (Å²) in [6, 6.07) is 0. The standard InChI is InChI=1S/C6H12O2.C6H12/c1-3-4-5-8-6(2)7;1-2-4-6-5-3-1/h3-5H2,1-2H3;1-6H2. The number of rotatable bonds is 3. The number of unbranched alkanes of at least 4 members (excludes halogenated alkanes) is 1. The highest BCUT2D eigenvalue weighted by Crippen LogP contribution is 2.15. The van der Waals surface area contributed by atoms with E-state index in [1.165, 1.54) is 45.4 Å². The normalized spacial score (nSPS) is 15.3. The predicted molar refractivity (Wildman–Crippen MR) is 59.2 cm³/mol. The fourth-order valence-electron chi connectivity index (χ4n) is 1.42. The molecule has 1 aliphatic carbocycles. The van der Waals surface area contributed by atoms with Crippen molar-refractivity contribution in [3.63, 3.8) is 0 Å². The Morgan fingerprint density at radius 2 is 1.50 bits per heavy atom. The van der Waals surface area contributed by atoms with Gasteiger partial charge in [-0.05, 0) is 6.42 Å². The summed E-state index contributed by atoms with van der Waals surface area (Å²) in [5.74, 6) is -0.182. The average molecular weight is 200 g/mol. The van der Waals surface area contributed by atoms with Crippen LogP contribution in [0.5, 0.6) is 0 Å². The van der Waals surface area contributed by atoms with Gasteiger partial charge in [-0.3, -0.25) is 4.79 Å². The van der Waals surface area contributed by atoms with Crippen LogP contribution >= 0.6 is 0 Å². The number of hydrogen-bond donors (Lipinski definition) is 0. The smallest absolute Gasteiger partial charge is 0.302 e. The summed E-state index contributed by atoms with van der Waals surface area (Å²) in [4.78, 5) is 10.1. The molecule has 0 heterocycles. The molecule has 0 saturated heterocycles. The molecule has 0 aromatic heterocycles. The zero-order chi connectivity index (χ0) is 10.6. The molecule has 0 N–H and O–H groups in total. The van der Waals surface area contributed by atoms with Crippen molar-refractivity contribution in [3.05, 3.63) is 0 Å². The minimum atomic E-state index is -0.182. The van der Waals surface area contributed by atoms with Gasteiger partial charge in [0.25, 0.3) is 0 Å². The third-order valence-corrected chi connectivity index (χ3v) is 2.30. The van der Waals surface area contributed by atoms with Crippen molar-refractivity contribution >= 4 is 5.97 Å². The van der Waals surface area contributed by atoms with E-state index in [0.717, 1.165) is 12.8 Å². The molecule has 0 aromatic carbocycles. The fraction of sp³-hybridized carbons (Fsp3) is 0.917. The van der Waals surface area contributed by atoms with Crippen molar-refractivity contribution < 1.29 is 9.53 Å². The number of esters is 1. The Labute approximate surface area is 88.0 Å². The SMILES string of the molecule is C1CCCCC1.CCCCOC(C)=O. The highest BCUT2D eigenvalue weighted by atomic mass is 16.5. The van der Waals surface area contributed by atoms with Crippen LogP contribution < -0.4 is 0 Å². The second-order valence-corrected chi connectivity index (χ2v) is 3.81. The molecule has 0 atom stereocenters. The molecule has 84 valence electrons. The quantitative estimate of drug-likeness (QED) is 0.513. The Morgan fingerprint density at radius 1 is 1.07 bits per heavy atom. The van der Waals surface area contributed by atoms with Crippen LogP contribution in [0.25, 0.3) is 0 Å². The van der Waals surface area contributed by atoms with Gasteiger partial charge < -0.3 is 4.74 Å². The van der Waals surface area contributed by atoms with Gasteiger partial charge in [-0.15, -0.1) is 0 Å². The summed E-state index contributed by atoms with van der Waals surface area (Å²) in [7, 11) is 0. The lowest BCUT2D eigenvalue weighted by atomic mass is 10.0. The van der Waals surface area contributed by atoms with Crippen LogP contribution in [-0.2, 0) is 9.53 Å². The lowest BCUT2D eigenvalue weighted by Gasteiger charge is -2.05. The van der Waals surface area contributed by atoms with Gasteiger partial charge in [0.15, 0.2) is 0 Å². The molecular formula is C12H24O2. The van der Waals surface area contributed by atoms with Crippen molar-refractivity contribution in [1.82, 2.24) is 0 Å². The van der Waals surface area contributed by atoms with Gasteiger partial charge in [-0.2, -0.15) is 0 Å².